The maximum absolute atomic E-state index is 9.79. The van der Waals surface area contributed by atoms with Crippen LogP contribution in [0, 0.1) is 0 Å². The average Bonchev–Trinajstić information content (AvgIpc) is 3.11. The van der Waals surface area contributed by atoms with E-state index in [1.54, 1.807) is 11.3 Å². The fraction of sp³-hybridized carbons (Fsp3) is 0.444. The normalized spacial score (nSPS) is 11.4. The molecule has 0 radical (unpaired) electrons. The Kier molecular flexibility index (Phi) is 5.08. The minimum Gasteiger partial charge on any atom is -0.390 e. The predicted molar refractivity (Wildman–Crippen MR) is 94.8 cm³/mol. The number of fused-ring (bicyclic) bond motifs is 1. The fourth-order valence-corrected chi connectivity index (χ4v) is 3.70. The van der Waals surface area contributed by atoms with Gasteiger partial charge in [-0.15, -0.1) is 0 Å². The third-order valence-electron chi connectivity index (χ3n) is 4.00. The van der Waals surface area contributed by atoms with Crippen LogP contribution in [0.15, 0.2) is 24.3 Å². The van der Waals surface area contributed by atoms with E-state index < -0.39 is 0 Å². The van der Waals surface area contributed by atoms with Crippen LogP contribution in [-0.4, -0.2) is 19.7 Å². The molecular formula is C18H23N3OS. The second kappa shape index (κ2) is 7.23. The molecule has 2 aromatic heterocycles. The van der Waals surface area contributed by atoms with Gasteiger partial charge in [-0.3, -0.25) is 0 Å². The van der Waals surface area contributed by atoms with Crippen LogP contribution < -0.4 is 0 Å². The van der Waals surface area contributed by atoms with Crippen molar-refractivity contribution in [3.63, 3.8) is 0 Å². The largest absolute Gasteiger partial charge is 0.390 e. The molecule has 0 fully saturated rings. The summed E-state index contributed by atoms with van der Waals surface area (Å²) < 4.78 is 1.81. The molecular weight excluding hydrogens is 306 g/mol. The quantitative estimate of drug-likeness (QED) is 0.705. The first kappa shape index (κ1) is 16.1. The summed E-state index contributed by atoms with van der Waals surface area (Å²) in [4.78, 5) is 5.59. The maximum atomic E-state index is 9.79. The van der Waals surface area contributed by atoms with Crippen LogP contribution in [0.1, 0.15) is 49.4 Å². The molecule has 0 atom stereocenters. The van der Waals surface area contributed by atoms with Crippen molar-refractivity contribution in [1.29, 1.82) is 0 Å². The van der Waals surface area contributed by atoms with E-state index in [1.807, 2.05) is 4.52 Å². The molecule has 0 aliphatic rings. The highest BCUT2D eigenvalue weighted by Crippen LogP contribution is 2.28. The van der Waals surface area contributed by atoms with Gasteiger partial charge in [0.15, 0.2) is 0 Å². The number of aliphatic hydroxyl groups is 1. The van der Waals surface area contributed by atoms with Crippen molar-refractivity contribution < 1.29 is 5.11 Å². The Morgan fingerprint density at radius 1 is 1.09 bits per heavy atom. The lowest BCUT2D eigenvalue weighted by atomic mass is 10.1. The van der Waals surface area contributed by atoms with Gasteiger partial charge < -0.3 is 5.11 Å². The summed E-state index contributed by atoms with van der Waals surface area (Å²) in [5.74, 6) is 0. The number of benzene rings is 1. The van der Waals surface area contributed by atoms with Crippen LogP contribution in [-0.2, 0) is 19.4 Å². The standard InChI is InChI=1S/C18H23N3OS/c1-3-5-7-16-20-21-15(12-22)17(19-18(21)23-16)14-10-8-13(6-4-2)9-11-14/h8-11,22H,3-7,12H2,1-2H3. The van der Waals surface area contributed by atoms with Gasteiger partial charge in [-0.25, -0.2) is 9.50 Å². The lowest BCUT2D eigenvalue weighted by Gasteiger charge is -2.03. The van der Waals surface area contributed by atoms with Crippen molar-refractivity contribution in [3.8, 4) is 11.3 Å². The van der Waals surface area contributed by atoms with E-state index in [9.17, 15) is 5.11 Å². The van der Waals surface area contributed by atoms with Crippen molar-refractivity contribution in [3.05, 3.63) is 40.5 Å². The lowest BCUT2D eigenvalue weighted by Crippen LogP contribution is -1.97. The van der Waals surface area contributed by atoms with Crippen LogP contribution in [0.2, 0.25) is 0 Å². The van der Waals surface area contributed by atoms with Gasteiger partial charge in [-0.1, -0.05) is 62.3 Å². The molecule has 0 aliphatic heterocycles. The zero-order valence-electron chi connectivity index (χ0n) is 13.7. The first-order valence-corrected chi connectivity index (χ1v) is 9.16. The van der Waals surface area contributed by atoms with Crippen LogP contribution in [0.5, 0.6) is 0 Å². The Balaban J connectivity index is 1.95. The smallest absolute Gasteiger partial charge is 0.213 e. The molecule has 3 rings (SSSR count). The van der Waals surface area contributed by atoms with E-state index >= 15 is 0 Å². The van der Waals surface area contributed by atoms with Gasteiger partial charge in [0.1, 0.15) is 5.01 Å². The third kappa shape index (κ3) is 3.31. The highest BCUT2D eigenvalue weighted by molar-refractivity contribution is 7.16. The number of aliphatic hydroxyl groups excluding tert-OH is 1. The third-order valence-corrected chi connectivity index (χ3v) is 4.97. The molecule has 23 heavy (non-hydrogen) atoms. The summed E-state index contributed by atoms with van der Waals surface area (Å²) in [5.41, 5.74) is 4.00. The average molecular weight is 329 g/mol. The Hall–Kier alpha value is -1.72. The van der Waals surface area contributed by atoms with E-state index in [0.29, 0.717) is 0 Å². The molecule has 5 heteroatoms. The van der Waals surface area contributed by atoms with Crippen molar-refractivity contribution in [2.75, 3.05) is 0 Å². The van der Waals surface area contributed by atoms with Gasteiger partial charge in [0.2, 0.25) is 4.96 Å². The number of rotatable bonds is 7. The van der Waals surface area contributed by atoms with Gasteiger partial charge in [0.05, 0.1) is 18.0 Å². The molecule has 2 heterocycles. The van der Waals surface area contributed by atoms with Gasteiger partial charge in [-0.05, 0) is 18.4 Å². The minimum absolute atomic E-state index is 0.0514. The number of aryl methyl sites for hydroxylation is 2. The van der Waals surface area contributed by atoms with E-state index in [1.165, 1.54) is 5.56 Å². The van der Waals surface area contributed by atoms with E-state index in [4.69, 9.17) is 4.98 Å². The van der Waals surface area contributed by atoms with Crippen LogP contribution in [0.3, 0.4) is 0 Å². The highest BCUT2D eigenvalue weighted by atomic mass is 32.1. The molecule has 0 saturated heterocycles. The molecule has 0 unspecified atom stereocenters. The maximum Gasteiger partial charge on any atom is 0.213 e. The van der Waals surface area contributed by atoms with Crippen LogP contribution in [0.25, 0.3) is 16.2 Å². The van der Waals surface area contributed by atoms with Crippen molar-refractivity contribution in [2.45, 2.75) is 52.6 Å². The summed E-state index contributed by atoms with van der Waals surface area (Å²) in [6, 6.07) is 8.48. The zero-order valence-corrected chi connectivity index (χ0v) is 14.6. The molecule has 3 aromatic rings. The molecule has 0 spiro atoms. The van der Waals surface area contributed by atoms with E-state index in [0.717, 1.165) is 59.0 Å². The predicted octanol–water partition coefficient (Wildman–Crippen LogP) is 4.25. The number of imidazole rings is 1. The van der Waals surface area contributed by atoms with Crippen molar-refractivity contribution in [1.82, 2.24) is 14.6 Å². The van der Waals surface area contributed by atoms with Gasteiger partial charge in [0.25, 0.3) is 0 Å². The van der Waals surface area contributed by atoms with Gasteiger partial charge in [-0.2, -0.15) is 5.10 Å². The summed E-state index contributed by atoms with van der Waals surface area (Å²) in [7, 11) is 0. The van der Waals surface area contributed by atoms with Crippen LogP contribution >= 0.6 is 11.3 Å². The molecule has 1 aromatic carbocycles. The summed E-state index contributed by atoms with van der Waals surface area (Å²) in [5, 5.41) is 15.5. The fourth-order valence-electron chi connectivity index (χ4n) is 2.75. The van der Waals surface area contributed by atoms with Gasteiger partial charge >= 0.3 is 0 Å². The molecule has 0 aliphatic carbocycles. The molecule has 0 bridgehead atoms. The second-order valence-corrected chi connectivity index (χ2v) is 6.85. The molecule has 0 saturated carbocycles. The molecule has 4 nitrogen and oxygen atoms in total. The topological polar surface area (TPSA) is 50.4 Å². The Morgan fingerprint density at radius 2 is 1.87 bits per heavy atom. The summed E-state index contributed by atoms with van der Waals surface area (Å²) >= 11 is 1.62. The first-order chi connectivity index (χ1) is 11.3. The molecule has 122 valence electrons. The number of hydrogen-bond acceptors (Lipinski definition) is 4. The monoisotopic (exact) mass is 329 g/mol. The Labute approximate surface area is 140 Å². The number of aromatic nitrogens is 3. The second-order valence-electron chi connectivity index (χ2n) is 5.81. The minimum atomic E-state index is -0.0514. The number of hydrogen-bond donors (Lipinski definition) is 1. The molecule has 0 amide bonds. The van der Waals surface area contributed by atoms with Crippen molar-refractivity contribution >= 4 is 16.3 Å². The highest BCUT2D eigenvalue weighted by Gasteiger charge is 2.17. The zero-order chi connectivity index (χ0) is 16.2. The van der Waals surface area contributed by atoms with Crippen molar-refractivity contribution in [2.24, 2.45) is 0 Å². The lowest BCUT2D eigenvalue weighted by molar-refractivity contribution is 0.275. The summed E-state index contributed by atoms with van der Waals surface area (Å²) in [6.45, 7) is 4.31. The molecule has 1 N–H and O–H groups in total. The number of unbranched alkanes of at least 4 members (excludes halogenated alkanes) is 1. The SMILES string of the molecule is CCCCc1nn2c(CO)c(-c3ccc(CCC)cc3)nc2s1. The van der Waals surface area contributed by atoms with Gasteiger partial charge in [0, 0.05) is 12.0 Å². The van der Waals surface area contributed by atoms with E-state index in [-0.39, 0.29) is 6.61 Å². The van der Waals surface area contributed by atoms with Crippen LogP contribution in [0.4, 0.5) is 0 Å². The Bertz CT molecular complexity index is 774. The first-order valence-electron chi connectivity index (χ1n) is 8.34. The number of nitrogens with zero attached hydrogens (tertiary/aromatic N) is 3. The summed E-state index contributed by atoms with van der Waals surface area (Å²) in [6.07, 6.45) is 5.51. The van der Waals surface area contributed by atoms with E-state index in [2.05, 4.69) is 43.2 Å². The Morgan fingerprint density at radius 3 is 2.52 bits per heavy atom.